The second kappa shape index (κ2) is 6.11. The maximum atomic E-state index is 13.3. The molecule has 1 atom stereocenters. The third-order valence-electron chi connectivity index (χ3n) is 2.18. The normalized spacial score (nSPS) is 12.4. The van der Waals surface area contributed by atoms with Crippen LogP contribution in [0.3, 0.4) is 0 Å². The number of nitrogens with two attached hydrogens (primary N) is 1. The number of benzene rings is 1. The topological polar surface area (TPSA) is 26.0 Å². The zero-order valence-electron chi connectivity index (χ0n) is 9.14. The molecule has 0 spiro atoms. The van der Waals surface area contributed by atoms with Crippen LogP contribution in [0.1, 0.15) is 31.9 Å². The second-order valence-electron chi connectivity index (χ2n) is 3.99. The molecule has 2 N–H and O–H groups in total. The van der Waals surface area contributed by atoms with E-state index in [4.69, 9.17) is 5.73 Å². The molecule has 0 saturated heterocycles. The molecule has 0 aliphatic carbocycles. The zero-order chi connectivity index (χ0) is 11.6. The lowest BCUT2D eigenvalue weighted by Gasteiger charge is -2.16. The van der Waals surface area contributed by atoms with E-state index in [1.807, 2.05) is 13.8 Å². The molecule has 0 heterocycles. The van der Waals surface area contributed by atoms with Gasteiger partial charge in [-0.3, -0.25) is 0 Å². The molecule has 0 amide bonds. The fourth-order valence-corrected chi connectivity index (χ4v) is 1.51. The van der Waals surface area contributed by atoms with Crippen LogP contribution >= 0.6 is 12.4 Å². The molecule has 0 unspecified atom stereocenters. The average molecular weight is 254 g/mol. The van der Waals surface area contributed by atoms with E-state index in [0.717, 1.165) is 12.1 Å². The van der Waals surface area contributed by atoms with Crippen molar-refractivity contribution in [1.29, 1.82) is 0 Å². The summed E-state index contributed by atoms with van der Waals surface area (Å²) in [6.45, 7) is 3.77. The van der Waals surface area contributed by atoms with Gasteiger partial charge in [0.15, 0.2) is 11.6 Å². The molecule has 16 heavy (non-hydrogen) atoms. The standard InChI is InChI=1S/C11H14F3N.ClH/c1-6(2)5-9(15)10-7(12)3-4-8(13)11(10)14;/h3-4,6,9H,5,15H2,1-2H3;1H/t9-;/m1./s1. The van der Waals surface area contributed by atoms with Crippen LogP contribution in [0.5, 0.6) is 0 Å². The van der Waals surface area contributed by atoms with Gasteiger partial charge in [-0.1, -0.05) is 13.8 Å². The Balaban J connectivity index is 0.00000225. The molecular formula is C11H15ClF3N. The minimum atomic E-state index is -1.18. The summed E-state index contributed by atoms with van der Waals surface area (Å²) in [5, 5.41) is 0. The summed E-state index contributed by atoms with van der Waals surface area (Å²) in [5.41, 5.74) is 5.26. The van der Waals surface area contributed by atoms with Crippen molar-refractivity contribution in [2.75, 3.05) is 0 Å². The molecule has 1 nitrogen and oxygen atoms in total. The van der Waals surface area contributed by atoms with Crippen molar-refractivity contribution < 1.29 is 13.2 Å². The van der Waals surface area contributed by atoms with Crippen molar-refractivity contribution in [2.45, 2.75) is 26.3 Å². The molecule has 92 valence electrons. The lowest BCUT2D eigenvalue weighted by Crippen LogP contribution is -2.17. The van der Waals surface area contributed by atoms with Gasteiger partial charge in [-0.25, -0.2) is 13.2 Å². The number of hydrogen-bond donors (Lipinski definition) is 1. The van der Waals surface area contributed by atoms with Gasteiger partial charge in [0, 0.05) is 11.6 Å². The van der Waals surface area contributed by atoms with Crippen LogP contribution < -0.4 is 5.73 Å². The Kier molecular flexibility index (Phi) is 5.83. The Bertz CT molecular complexity index is 355. The minimum absolute atomic E-state index is 0. The highest BCUT2D eigenvalue weighted by Gasteiger charge is 2.20. The second-order valence-corrected chi connectivity index (χ2v) is 3.99. The Morgan fingerprint density at radius 1 is 1.12 bits per heavy atom. The van der Waals surface area contributed by atoms with Crippen LogP contribution in [0, 0.1) is 23.4 Å². The Morgan fingerprint density at radius 3 is 2.12 bits per heavy atom. The van der Waals surface area contributed by atoms with Crippen LogP contribution in [-0.2, 0) is 0 Å². The Morgan fingerprint density at radius 2 is 1.62 bits per heavy atom. The molecular weight excluding hydrogens is 239 g/mol. The SMILES string of the molecule is CC(C)C[C@@H](N)c1c(F)ccc(F)c1F.Cl. The monoisotopic (exact) mass is 253 g/mol. The molecule has 0 aromatic heterocycles. The van der Waals surface area contributed by atoms with Gasteiger partial charge in [-0.15, -0.1) is 12.4 Å². The van der Waals surface area contributed by atoms with Crippen molar-refractivity contribution in [2.24, 2.45) is 11.7 Å². The van der Waals surface area contributed by atoms with Gasteiger partial charge in [0.1, 0.15) is 5.82 Å². The van der Waals surface area contributed by atoms with E-state index in [9.17, 15) is 13.2 Å². The summed E-state index contributed by atoms with van der Waals surface area (Å²) in [5.74, 6) is -2.84. The first kappa shape index (κ1) is 15.3. The number of rotatable bonds is 3. The van der Waals surface area contributed by atoms with Crippen molar-refractivity contribution >= 4 is 12.4 Å². The molecule has 0 bridgehead atoms. The summed E-state index contributed by atoms with van der Waals surface area (Å²) in [7, 11) is 0. The van der Waals surface area contributed by atoms with E-state index in [-0.39, 0.29) is 23.9 Å². The highest BCUT2D eigenvalue weighted by atomic mass is 35.5. The smallest absolute Gasteiger partial charge is 0.166 e. The van der Waals surface area contributed by atoms with E-state index >= 15 is 0 Å². The predicted octanol–water partition coefficient (Wildman–Crippen LogP) is 3.57. The maximum absolute atomic E-state index is 13.3. The zero-order valence-corrected chi connectivity index (χ0v) is 9.95. The minimum Gasteiger partial charge on any atom is -0.324 e. The van der Waals surface area contributed by atoms with Gasteiger partial charge < -0.3 is 5.73 Å². The molecule has 1 rings (SSSR count). The fourth-order valence-electron chi connectivity index (χ4n) is 1.51. The average Bonchev–Trinajstić information content (AvgIpc) is 2.11. The Hall–Kier alpha value is -0.740. The lowest BCUT2D eigenvalue weighted by molar-refractivity contribution is 0.436. The van der Waals surface area contributed by atoms with Gasteiger partial charge in [-0.05, 0) is 24.5 Å². The molecule has 1 aromatic rings. The quantitative estimate of drug-likeness (QED) is 0.819. The molecule has 0 saturated carbocycles. The first-order valence-electron chi connectivity index (χ1n) is 4.82. The summed E-state index contributed by atoms with van der Waals surface area (Å²) < 4.78 is 39.4. The molecule has 0 aliphatic heterocycles. The fraction of sp³-hybridized carbons (Fsp3) is 0.455. The summed E-state index contributed by atoms with van der Waals surface area (Å²) in [4.78, 5) is 0. The lowest BCUT2D eigenvalue weighted by atomic mass is 9.97. The number of hydrogen-bond acceptors (Lipinski definition) is 1. The van der Waals surface area contributed by atoms with E-state index in [1.165, 1.54) is 0 Å². The summed E-state index contributed by atoms with van der Waals surface area (Å²) in [6, 6.07) is 0.852. The van der Waals surface area contributed by atoms with Crippen LogP contribution in [-0.4, -0.2) is 0 Å². The van der Waals surface area contributed by atoms with Gasteiger partial charge in [0.2, 0.25) is 0 Å². The third-order valence-corrected chi connectivity index (χ3v) is 2.18. The van der Waals surface area contributed by atoms with Gasteiger partial charge in [0.25, 0.3) is 0 Å². The van der Waals surface area contributed by atoms with Crippen LogP contribution in [0.4, 0.5) is 13.2 Å². The predicted molar refractivity (Wildman–Crippen MR) is 59.9 cm³/mol. The van der Waals surface area contributed by atoms with E-state index in [1.54, 1.807) is 0 Å². The molecule has 0 fully saturated rings. The maximum Gasteiger partial charge on any atom is 0.166 e. The van der Waals surface area contributed by atoms with Crippen molar-refractivity contribution in [3.63, 3.8) is 0 Å². The summed E-state index contributed by atoms with van der Waals surface area (Å²) in [6.07, 6.45) is 0.414. The van der Waals surface area contributed by atoms with E-state index < -0.39 is 23.5 Å². The van der Waals surface area contributed by atoms with Crippen LogP contribution in [0.15, 0.2) is 12.1 Å². The highest BCUT2D eigenvalue weighted by molar-refractivity contribution is 5.85. The summed E-state index contributed by atoms with van der Waals surface area (Å²) >= 11 is 0. The van der Waals surface area contributed by atoms with Gasteiger partial charge in [-0.2, -0.15) is 0 Å². The van der Waals surface area contributed by atoms with Crippen molar-refractivity contribution in [1.82, 2.24) is 0 Å². The first-order valence-corrected chi connectivity index (χ1v) is 4.82. The van der Waals surface area contributed by atoms with Crippen molar-refractivity contribution in [3.8, 4) is 0 Å². The Labute approximate surface area is 99.2 Å². The first-order chi connectivity index (χ1) is 6.93. The molecule has 5 heteroatoms. The van der Waals surface area contributed by atoms with E-state index in [0.29, 0.717) is 6.42 Å². The molecule has 0 radical (unpaired) electrons. The van der Waals surface area contributed by atoms with E-state index in [2.05, 4.69) is 0 Å². The van der Waals surface area contributed by atoms with Gasteiger partial charge in [0.05, 0.1) is 0 Å². The largest absolute Gasteiger partial charge is 0.324 e. The number of halogens is 4. The molecule has 1 aromatic carbocycles. The third kappa shape index (κ3) is 3.39. The van der Waals surface area contributed by atoms with Crippen LogP contribution in [0.2, 0.25) is 0 Å². The highest BCUT2D eigenvalue weighted by Crippen LogP contribution is 2.25. The van der Waals surface area contributed by atoms with Gasteiger partial charge >= 0.3 is 0 Å². The van der Waals surface area contributed by atoms with Crippen molar-refractivity contribution in [3.05, 3.63) is 35.1 Å². The van der Waals surface area contributed by atoms with Crippen LogP contribution in [0.25, 0.3) is 0 Å². The molecule has 0 aliphatic rings.